The van der Waals surface area contributed by atoms with Crippen LogP contribution < -0.4 is 0 Å². The van der Waals surface area contributed by atoms with Crippen molar-refractivity contribution in [2.45, 2.75) is 168 Å². The van der Waals surface area contributed by atoms with Gasteiger partial charge in [-0.2, -0.15) is 0 Å². The monoisotopic (exact) mass is 726 g/mol. The normalized spacial score (nSPS) is 13.2. The first-order valence-corrected chi connectivity index (χ1v) is 19.0. The minimum atomic E-state index is -0.820. The molecule has 1 fully saturated rings. The van der Waals surface area contributed by atoms with Crippen LogP contribution in [0.15, 0.2) is 36.4 Å². The summed E-state index contributed by atoms with van der Waals surface area (Å²) in [6.45, 7) is 15.3. The zero-order valence-electron chi connectivity index (χ0n) is 32.5. The van der Waals surface area contributed by atoms with Gasteiger partial charge in [-0.25, -0.2) is 4.79 Å². The number of imide groups is 1. The molecule has 11 nitrogen and oxygen atoms in total. The van der Waals surface area contributed by atoms with Gasteiger partial charge in [0.25, 0.3) is 11.8 Å². The standard InChI is InChI=1S/C41H62N2O9/c1-31(2)41(6,7)51-37(47)21-19-17-15-13-11-9-8-10-12-14-16-18-20-34(44)42(29-28-38(48)50-40(3,4)5)30-32-22-24-33(25-23-32)39(49)52-43-35(45)26-27-36(43)46/h22-25H,1,8-21,26-30H2,2-7H3. The summed E-state index contributed by atoms with van der Waals surface area (Å²) in [5.74, 6) is -2.51. The van der Waals surface area contributed by atoms with Gasteiger partial charge in [0.2, 0.25) is 5.91 Å². The summed E-state index contributed by atoms with van der Waals surface area (Å²) in [5, 5.41) is 0.509. The molecule has 1 aliphatic heterocycles. The Bertz CT molecular complexity index is 1340. The molecular weight excluding hydrogens is 664 g/mol. The smallest absolute Gasteiger partial charge is 0.363 e. The fourth-order valence-corrected chi connectivity index (χ4v) is 5.56. The highest BCUT2D eigenvalue weighted by Crippen LogP contribution is 2.21. The Balaban J connectivity index is 1.68. The first kappa shape index (κ1) is 44.1. The third-order valence-electron chi connectivity index (χ3n) is 9.02. The van der Waals surface area contributed by atoms with E-state index in [0.29, 0.717) is 17.9 Å². The third-order valence-corrected chi connectivity index (χ3v) is 9.02. The third kappa shape index (κ3) is 17.5. The fourth-order valence-electron chi connectivity index (χ4n) is 5.56. The van der Waals surface area contributed by atoms with E-state index in [1.54, 1.807) is 37.8 Å². The van der Waals surface area contributed by atoms with E-state index in [-0.39, 0.29) is 55.8 Å². The Morgan fingerprint density at radius 1 is 0.692 bits per heavy atom. The molecule has 0 saturated carbocycles. The first-order valence-electron chi connectivity index (χ1n) is 19.0. The molecule has 0 radical (unpaired) electrons. The van der Waals surface area contributed by atoms with Crippen LogP contribution in [0, 0.1) is 0 Å². The summed E-state index contributed by atoms with van der Waals surface area (Å²) in [4.78, 5) is 80.4. The summed E-state index contributed by atoms with van der Waals surface area (Å²) in [6, 6.07) is 6.41. The number of amides is 3. The van der Waals surface area contributed by atoms with E-state index in [2.05, 4.69) is 6.58 Å². The maximum absolute atomic E-state index is 13.3. The summed E-state index contributed by atoms with van der Waals surface area (Å²) >= 11 is 0. The number of unbranched alkanes of at least 4 members (excludes halogenated alkanes) is 11. The first-order chi connectivity index (χ1) is 24.5. The van der Waals surface area contributed by atoms with Gasteiger partial charge in [0.15, 0.2) is 0 Å². The predicted octanol–water partition coefficient (Wildman–Crippen LogP) is 8.33. The van der Waals surface area contributed by atoms with Crippen molar-refractivity contribution in [2.24, 2.45) is 0 Å². The lowest BCUT2D eigenvalue weighted by molar-refractivity contribution is -0.172. The van der Waals surface area contributed by atoms with E-state index in [0.717, 1.165) is 56.1 Å². The number of hydrogen-bond donors (Lipinski definition) is 0. The molecule has 0 atom stereocenters. The van der Waals surface area contributed by atoms with Gasteiger partial charge in [0.1, 0.15) is 11.2 Å². The van der Waals surface area contributed by atoms with Gasteiger partial charge in [-0.1, -0.05) is 82.9 Å². The van der Waals surface area contributed by atoms with Gasteiger partial charge in [0.05, 0.1) is 12.0 Å². The van der Waals surface area contributed by atoms with Gasteiger partial charge in [-0.15, -0.1) is 5.06 Å². The summed E-state index contributed by atoms with van der Waals surface area (Å²) < 4.78 is 11.0. The fraction of sp³-hybridized carbons (Fsp3) is 0.659. The number of hydrogen-bond acceptors (Lipinski definition) is 9. The molecule has 1 aliphatic rings. The molecule has 52 heavy (non-hydrogen) atoms. The van der Waals surface area contributed by atoms with E-state index >= 15 is 0 Å². The van der Waals surface area contributed by atoms with Gasteiger partial charge >= 0.3 is 17.9 Å². The number of benzene rings is 1. The molecule has 0 aliphatic carbocycles. The summed E-state index contributed by atoms with van der Waals surface area (Å²) in [6.07, 6.45) is 13.8. The van der Waals surface area contributed by atoms with Crippen LogP contribution in [0.4, 0.5) is 0 Å². The number of carbonyl (C=O) groups excluding carboxylic acids is 6. The highest BCUT2D eigenvalue weighted by molar-refractivity contribution is 6.02. The van der Waals surface area contributed by atoms with E-state index in [1.165, 1.54) is 44.2 Å². The van der Waals surface area contributed by atoms with Gasteiger partial charge < -0.3 is 19.2 Å². The summed E-state index contributed by atoms with van der Waals surface area (Å²) in [7, 11) is 0. The predicted molar refractivity (Wildman–Crippen MR) is 198 cm³/mol. The van der Waals surface area contributed by atoms with Crippen molar-refractivity contribution in [3.8, 4) is 0 Å². The molecule has 0 bridgehead atoms. The molecule has 1 saturated heterocycles. The maximum Gasteiger partial charge on any atom is 0.363 e. The van der Waals surface area contributed by atoms with Crippen LogP contribution >= 0.6 is 0 Å². The van der Waals surface area contributed by atoms with Crippen LogP contribution in [0.25, 0.3) is 0 Å². The van der Waals surface area contributed by atoms with E-state index in [1.807, 2.05) is 20.8 Å². The molecule has 1 aromatic carbocycles. The van der Waals surface area contributed by atoms with Crippen molar-refractivity contribution in [1.82, 2.24) is 9.96 Å². The zero-order chi connectivity index (χ0) is 38.7. The zero-order valence-corrected chi connectivity index (χ0v) is 32.5. The Kier molecular flexibility index (Phi) is 18.8. The molecule has 0 unspecified atom stereocenters. The van der Waals surface area contributed by atoms with Crippen LogP contribution in [0.3, 0.4) is 0 Å². The summed E-state index contributed by atoms with van der Waals surface area (Å²) in [5.41, 5.74) is 0.528. The van der Waals surface area contributed by atoms with E-state index in [9.17, 15) is 28.8 Å². The Labute approximate surface area is 310 Å². The van der Waals surface area contributed by atoms with Crippen molar-refractivity contribution < 1.29 is 43.1 Å². The van der Waals surface area contributed by atoms with Crippen LogP contribution in [-0.2, 0) is 44.8 Å². The van der Waals surface area contributed by atoms with Gasteiger partial charge in [-0.3, -0.25) is 24.0 Å². The average Bonchev–Trinajstić information content (AvgIpc) is 3.37. The average molecular weight is 727 g/mol. The molecule has 11 heteroatoms. The minimum Gasteiger partial charge on any atom is -0.460 e. The number of esters is 2. The second kappa shape index (κ2) is 22.1. The topological polar surface area (TPSA) is 137 Å². The molecule has 1 heterocycles. The second-order valence-electron chi connectivity index (χ2n) is 15.3. The quantitative estimate of drug-likeness (QED) is 0.0446. The second-order valence-corrected chi connectivity index (χ2v) is 15.3. The molecule has 290 valence electrons. The molecule has 1 aromatic rings. The molecule has 2 rings (SSSR count). The maximum atomic E-state index is 13.3. The lowest BCUT2D eigenvalue weighted by atomic mass is 10.0. The molecule has 3 amide bonds. The van der Waals surface area contributed by atoms with Crippen molar-refractivity contribution in [3.05, 3.63) is 47.5 Å². The van der Waals surface area contributed by atoms with E-state index < -0.39 is 29.0 Å². The van der Waals surface area contributed by atoms with Crippen LogP contribution in [0.1, 0.15) is 167 Å². The molecule has 0 aromatic heterocycles. The largest absolute Gasteiger partial charge is 0.460 e. The van der Waals surface area contributed by atoms with Gasteiger partial charge in [-0.05, 0) is 77.7 Å². The Morgan fingerprint density at radius 2 is 1.15 bits per heavy atom. The highest BCUT2D eigenvalue weighted by atomic mass is 16.7. The highest BCUT2D eigenvalue weighted by Gasteiger charge is 2.33. The minimum absolute atomic E-state index is 0.0131. The molecular formula is C41H62N2O9. The lowest BCUT2D eigenvalue weighted by Crippen LogP contribution is -2.34. The molecule has 0 spiro atoms. The van der Waals surface area contributed by atoms with E-state index in [4.69, 9.17) is 14.3 Å². The number of ether oxygens (including phenoxy) is 2. The number of rotatable bonds is 24. The SMILES string of the molecule is C=C(C)C(C)(C)OC(=O)CCCCCCCCCCCCCCC(=O)N(CCC(=O)OC(C)(C)C)Cc1ccc(C(=O)ON2C(=O)CCC2=O)cc1. The van der Waals surface area contributed by atoms with Crippen molar-refractivity contribution in [1.29, 1.82) is 0 Å². The molecule has 0 N–H and O–H groups in total. The van der Waals surface area contributed by atoms with Crippen LogP contribution in [-0.4, -0.2) is 63.3 Å². The number of nitrogens with zero attached hydrogens (tertiary/aromatic N) is 2. The van der Waals surface area contributed by atoms with Crippen LogP contribution in [0.5, 0.6) is 0 Å². The van der Waals surface area contributed by atoms with Crippen molar-refractivity contribution in [3.63, 3.8) is 0 Å². The lowest BCUT2D eigenvalue weighted by Gasteiger charge is -2.25. The number of carbonyl (C=O) groups is 6. The van der Waals surface area contributed by atoms with Crippen LogP contribution in [0.2, 0.25) is 0 Å². The Morgan fingerprint density at radius 3 is 1.63 bits per heavy atom. The van der Waals surface area contributed by atoms with Crippen molar-refractivity contribution >= 4 is 35.6 Å². The van der Waals surface area contributed by atoms with Gasteiger partial charge in [0, 0.05) is 38.8 Å². The van der Waals surface area contributed by atoms with Crippen molar-refractivity contribution in [2.75, 3.05) is 6.54 Å². The number of hydroxylamine groups is 2. The Hall–Kier alpha value is -4.02.